The monoisotopic (exact) mass is 254 g/mol. The van der Waals surface area contributed by atoms with Gasteiger partial charge in [-0.15, -0.1) is 0 Å². The molecule has 1 rings (SSSR count). The van der Waals surface area contributed by atoms with Crippen LogP contribution in [0.15, 0.2) is 24.3 Å². The molecule has 0 bridgehead atoms. The van der Waals surface area contributed by atoms with Crippen LogP contribution in [0.1, 0.15) is 11.6 Å². The summed E-state index contributed by atoms with van der Waals surface area (Å²) in [6.07, 6.45) is 0. The summed E-state index contributed by atoms with van der Waals surface area (Å²) in [5.41, 5.74) is 6.81. The topological polar surface area (TPSA) is 79.0 Å². The first-order chi connectivity index (χ1) is 8.78. The maximum atomic E-state index is 9.09. The van der Waals surface area contributed by atoms with E-state index in [1.807, 2.05) is 29.2 Å². The third-order valence-corrected chi connectivity index (χ3v) is 2.94. The number of benzene rings is 1. The zero-order valence-electron chi connectivity index (χ0n) is 10.7. The van der Waals surface area contributed by atoms with Crippen molar-refractivity contribution in [2.24, 2.45) is 5.73 Å². The molecule has 1 aromatic rings. The average molecular weight is 254 g/mol. The maximum Gasteiger partial charge on any atom is 0.123 e. The number of aliphatic hydroxyl groups is 2. The molecule has 0 aromatic heterocycles. The third kappa shape index (κ3) is 3.68. The molecule has 0 spiro atoms. The van der Waals surface area contributed by atoms with Gasteiger partial charge in [0.05, 0.1) is 26.4 Å². The fraction of sp³-hybridized carbons (Fsp3) is 0.538. The SMILES string of the molecule is COc1ccccc1C(CN)N(CCO)CCO. The molecule has 0 radical (unpaired) electrons. The number of methoxy groups -OCH3 is 1. The standard InChI is InChI=1S/C13H22N2O3/c1-18-13-5-3-2-4-11(13)12(10-14)15(6-8-16)7-9-17/h2-5,12,16-17H,6-10,14H2,1H3. The fourth-order valence-electron chi connectivity index (χ4n) is 2.09. The van der Waals surface area contributed by atoms with Crippen LogP contribution in [0.5, 0.6) is 5.75 Å². The zero-order chi connectivity index (χ0) is 13.4. The molecular formula is C13H22N2O3. The van der Waals surface area contributed by atoms with Crippen LogP contribution in [0.4, 0.5) is 0 Å². The van der Waals surface area contributed by atoms with Crippen LogP contribution < -0.4 is 10.5 Å². The second-order valence-corrected chi connectivity index (χ2v) is 3.98. The van der Waals surface area contributed by atoms with Crippen molar-refractivity contribution in [2.75, 3.05) is 40.0 Å². The Labute approximate surface area is 108 Å². The highest BCUT2D eigenvalue weighted by Gasteiger charge is 2.21. The van der Waals surface area contributed by atoms with Crippen LogP contribution in [-0.2, 0) is 0 Å². The Kier molecular flexibility index (Phi) is 6.67. The second-order valence-electron chi connectivity index (χ2n) is 3.98. The van der Waals surface area contributed by atoms with E-state index in [1.54, 1.807) is 7.11 Å². The van der Waals surface area contributed by atoms with Gasteiger partial charge in [-0.05, 0) is 6.07 Å². The van der Waals surface area contributed by atoms with Gasteiger partial charge in [0, 0.05) is 25.2 Å². The summed E-state index contributed by atoms with van der Waals surface area (Å²) in [7, 11) is 1.62. The molecule has 0 heterocycles. The number of hydrogen-bond donors (Lipinski definition) is 3. The van der Waals surface area contributed by atoms with Crippen molar-refractivity contribution in [1.82, 2.24) is 4.90 Å². The lowest BCUT2D eigenvalue weighted by molar-refractivity contribution is 0.123. The number of para-hydroxylation sites is 1. The van der Waals surface area contributed by atoms with Gasteiger partial charge in [-0.2, -0.15) is 0 Å². The summed E-state index contributed by atoms with van der Waals surface area (Å²) in [5, 5.41) is 18.2. The summed E-state index contributed by atoms with van der Waals surface area (Å²) < 4.78 is 5.33. The van der Waals surface area contributed by atoms with E-state index in [-0.39, 0.29) is 19.3 Å². The molecule has 1 unspecified atom stereocenters. The highest BCUT2D eigenvalue weighted by molar-refractivity contribution is 5.36. The fourth-order valence-corrected chi connectivity index (χ4v) is 2.09. The third-order valence-electron chi connectivity index (χ3n) is 2.94. The van der Waals surface area contributed by atoms with E-state index in [0.717, 1.165) is 11.3 Å². The highest BCUT2D eigenvalue weighted by atomic mass is 16.5. The van der Waals surface area contributed by atoms with Gasteiger partial charge in [-0.3, -0.25) is 4.90 Å². The van der Waals surface area contributed by atoms with Gasteiger partial charge in [0.1, 0.15) is 5.75 Å². The van der Waals surface area contributed by atoms with Crippen LogP contribution in [0, 0.1) is 0 Å². The summed E-state index contributed by atoms with van der Waals surface area (Å²) in [4.78, 5) is 1.96. The smallest absolute Gasteiger partial charge is 0.123 e. The van der Waals surface area contributed by atoms with Gasteiger partial charge in [0.15, 0.2) is 0 Å². The average Bonchev–Trinajstić information content (AvgIpc) is 2.40. The van der Waals surface area contributed by atoms with E-state index >= 15 is 0 Å². The lowest BCUT2D eigenvalue weighted by Gasteiger charge is -2.30. The molecular weight excluding hydrogens is 232 g/mol. The molecule has 1 atom stereocenters. The normalized spacial score (nSPS) is 12.7. The first kappa shape index (κ1) is 14.9. The number of ether oxygens (including phenoxy) is 1. The van der Waals surface area contributed by atoms with Crippen molar-refractivity contribution in [3.05, 3.63) is 29.8 Å². The largest absolute Gasteiger partial charge is 0.496 e. The second kappa shape index (κ2) is 8.05. The van der Waals surface area contributed by atoms with Crippen molar-refractivity contribution < 1.29 is 14.9 Å². The number of aliphatic hydroxyl groups excluding tert-OH is 2. The van der Waals surface area contributed by atoms with Gasteiger partial charge < -0.3 is 20.7 Å². The van der Waals surface area contributed by atoms with E-state index in [2.05, 4.69) is 0 Å². The van der Waals surface area contributed by atoms with Crippen LogP contribution in [0.2, 0.25) is 0 Å². The number of rotatable bonds is 8. The van der Waals surface area contributed by atoms with Gasteiger partial charge in [-0.1, -0.05) is 18.2 Å². The van der Waals surface area contributed by atoms with Gasteiger partial charge in [0.2, 0.25) is 0 Å². The minimum Gasteiger partial charge on any atom is -0.496 e. The van der Waals surface area contributed by atoms with Crippen molar-refractivity contribution in [2.45, 2.75) is 6.04 Å². The van der Waals surface area contributed by atoms with Gasteiger partial charge in [-0.25, -0.2) is 0 Å². The lowest BCUT2D eigenvalue weighted by atomic mass is 10.0. The van der Waals surface area contributed by atoms with Crippen molar-refractivity contribution in [1.29, 1.82) is 0 Å². The molecule has 5 nitrogen and oxygen atoms in total. The van der Waals surface area contributed by atoms with Gasteiger partial charge in [0.25, 0.3) is 0 Å². The molecule has 4 N–H and O–H groups in total. The molecule has 0 amide bonds. The zero-order valence-corrected chi connectivity index (χ0v) is 10.7. The lowest BCUT2D eigenvalue weighted by Crippen LogP contribution is -2.37. The van der Waals surface area contributed by atoms with Crippen LogP contribution in [0.3, 0.4) is 0 Å². The molecule has 0 aliphatic rings. The molecule has 0 aliphatic heterocycles. The van der Waals surface area contributed by atoms with E-state index in [0.29, 0.717) is 19.6 Å². The Bertz CT molecular complexity index is 341. The van der Waals surface area contributed by atoms with Crippen LogP contribution >= 0.6 is 0 Å². The summed E-state index contributed by atoms with van der Waals surface area (Å²) >= 11 is 0. The summed E-state index contributed by atoms with van der Waals surface area (Å²) in [6, 6.07) is 7.60. The summed E-state index contributed by atoms with van der Waals surface area (Å²) in [6.45, 7) is 1.42. The number of hydrogen-bond acceptors (Lipinski definition) is 5. The predicted molar refractivity (Wildman–Crippen MR) is 70.5 cm³/mol. The summed E-state index contributed by atoms with van der Waals surface area (Å²) in [5.74, 6) is 0.772. The van der Waals surface area contributed by atoms with Crippen LogP contribution in [0.25, 0.3) is 0 Å². The molecule has 1 aromatic carbocycles. The maximum absolute atomic E-state index is 9.09. The highest BCUT2D eigenvalue weighted by Crippen LogP contribution is 2.28. The Balaban J connectivity index is 2.98. The van der Waals surface area contributed by atoms with Crippen molar-refractivity contribution in [3.63, 3.8) is 0 Å². The molecule has 5 heteroatoms. The Morgan fingerprint density at radius 3 is 2.33 bits per heavy atom. The Morgan fingerprint density at radius 2 is 1.83 bits per heavy atom. The Hall–Kier alpha value is -1.14. The quantitative estimate of drug-likeness (QED) is 0.608. The van der Waals surface area contributed by atoms with E-state index < -0.39 is 0 Å². The van der Waals surface area contributed by atoms with E-state index in [1.165, 1.54) is 0 Å². The molecule has 18 heavy (non-hydrogen) atoms. The van der Waals surface area contributed by atoms with Gasteiger partial charge >= 0.3 is 0 Å². The number of nitrogens with zero attached hydrogens (tertiary/aromatic N) is 1. The minimum atomic E-state index is -0.0690. The molecule has 0 saturated carbocycles. The predicted octanol–water partition coefficient (Wildman–Crippen LogP) is -0.0184. The Morgan fingerprint density at radius 1 is 1.22 bits per heavy atom. The molecule has 102 valence electrons. The van der Waals surface area contributed by atoms with Crippen molar-refractivity contribution >= 4 is 0 Å². The van der Waals surface area contributed by atoms with E-state index in [4.69, 9.17) is 20.7 Å². The first-order valence-corrected chi connectivity index (χ1v) is 6.07. The molecule has 0 fully saturated rings. The van der Waals surface area contributed by atoms with Crippen molar-refractivity contribution in [3.8, 4) is 5.75 Å². The molecule has 0 saturated heterocycles. The first-order valence-electron chi connectivity index (χ1n) is 6.07. The minimum absolute atomic E-state index is 0.0334. The molecule has 0 aliphatic carbocycles. The van der Waals surface area contributed by atoms with Crippen LogP contribution in [-0.4, -0.2) is 55.1 Å². The number of nitrogens with two attached hydrogens (primary N) is 1. The van der Waals surface area contributed by atoms with E-state index in [9.17, 15) is 0 Å².